The predicted molar refractivity (Wildman–Crippen MR) is 61.0 cm³/mol. The van der Waals surface area contributed by atoms with E-state index in [2.05, 4.69) is 11.7 Å². The smallest absolute Gasteiger partial charge is 0.0698 e. The summed E-state index contributed by atoms with van der Waals surface area (Å²) in [6, 6.07) is 0. The molecule has 0 spiro atoms. The van der Waals surface area contributed by atoms with Gasteiger partial charge < -0.3 is 19.7 Å². The van der Waals surface area contributed by atoms with E-state index in [1.807, 2.05) is 0 Å². The van der Waals surface area contributed by atoms with Gasteiger partial charge in [-0.25, -0.2) is 0 Å². The molecule has 0 aromatic rings. The zero-order valence-corrected chi connectivity index (χ0v) is 10.1. The van der Waals surface area contributed by atoms with Crippen LogP contribution in [0.25, 0.3) is 0 Å². The molecule has 4 nitrogen and oxygen atoms in total. The van der Waals surface area contributed by atoms with Gasteiger partial charge in [0.1, 0.15) is 0 Å². The second-order valence-electron chi connectivity index (χ2n) is 3.11. The molecule has 2 N–H and O–H groups in total. The molecule has 0 unspecified atom stereocenters. The Labute approximate surface area is 93.2 Å². The third kappa shape index (κ3) is 24.8. The largest absolute Gasteiger partial charge is 0.394 e. The van der Waals surface area contributed by atoms with E-state index in [4.69, 9.17) is 14.9 Å². The summed E-state index contributed by atoms with van der Waals surface area (Å²) < 4.78 is 9.52. The number of aliphatic hydroxyl groups is 2. The monoisotopic (exact) mass is 222 g/mol. The molecular formula is C11H26O4. The average molecular weight is 222 g/mol. The molecule has 0 bridgehead atoms. The second kappa shape index (κ2) is 19.4. The average Bonchev–Trinajstić information content (AvgIpc) is 2.26. The number of ether oxygens (including phenoxy) is 2. The van der Waals surface area contributed by atoms with Crippen LogP contribution in [0.5, 0.6) is 0 Å². The topological polar surface area (TPSA) is 58.9 Å². The fourth-order valence-electron chi connectivity index (χ4n) is 0.904. The third-order valence-corrected chi connectivity index (χ3v) is 1.67. The van der Waals surface area contributed by atoms with Crippen LogP contribution in [-0.4, -0.2) is 50.4 Å². The Hall–Kier alpha value is -0.160. The number of hydrogen-bond donors (Lipinski definition) is 2. The van der Waals surface area contributed by atoms with Crippen molar-refractivity contribution in [2.45, 2.75) is 32.6 Å². The van der Waals surface area contributed by atoms with E-state index in [1.165, 1.54) is 25.7 Å². The summed E-state index contributed by atoms with van der Waals surface area (Å²) in [5.41, 5.74) is 0. The highest BCUT2D eigenvalue weighted by Gasteiger charge is 1.83. The van der Waals surface area contributed by atoms with E-state index in [-0.39, 0.29) is 13.2 Å². The first-order valence-electron chi connectivity index (χ1n) is 5.61. The van der Waals surface area contributed by atoms with Crippen molar-refractivity contribution in [3.05, 3.63) is 0 Å². The van der Waals surface area contributed by atoms with Crippen molar-refractivity contribution in [2.24, 2.45) is 0 Å². The molecule has 0 aliphatic heterocycles. The van der Waals surface area contributed by atoms with Gasteiger partial charge in [0.05, 0.1) is 26.4 Å². The molecule has 0 saturated carbocycles. The quantitative estimate of drug-likeness (QED) is 0.576. The summed E-state index contributed by atoms with van der Waals surface area (Å²) in [6.07, 6.45) is 5.21. The molecule has 4 heteroatoms. The van der Waals surface area contributed by atoms with Gasteiger partial charge in [-0.15, -0.1) is 0 Å². The Morgan fingerprint density at radius 1 is 0.867 bits per heavy atom. The van der Waals surface area contributed by atoms with Gasteiger partial charge in [-0.2, -0.15) is 0 Å². The van der Waals surface area contributed by atoms with Gasteiger partial charge in [0.25, 0.3) is 0 Å². The van der Waals surface area contributed by atoms with Crippen LogP contribution in [0, 0.1) is 0 Å². The van der Waals surface area contributed by atoms with Crippen molar-refractivity contribution in [1.82, 2.24) is 0 Å². The number of aliphatic hydroxyl groups excluding tert-OH is 2. The van der Waals surface area contributed by atoms with E-state index in [9.17, 15) is 0 Å². The molecule has 0 saturated heterocycles. The fraction of sp³-hybridized carbons (Fsp3) is 1.00. The predicted octanol–water partition coefficient (Wildman–Crippen LogP) is 1.20. The van der Waals surface area contributed by atoms with Crippen molar-refractivity contribution < 1.29 is 19.7 Å². The maximum absolute atomic E-state index is 8.09. The van der Waals surface area contributed by atoms with E-state index >= 15 is 0 Å². The first kappa shape index (κ1) is 17.2. The minimum absolute atomic E-state index is 0.0278. The highest BCUT2D eigenvalue weighted by Crippen LogP contribution is 1.97. The number of unbranched alkanes of at least 4 members (excludes halogenated alkanes) is 3. The van der Waals surface area contributed by atoms with Gasteiger partial charge in [-0.3, -0.25) is 0 Å². The lowest BCUT2D eigenvalue weighted by Crippen LogP contribution is -2.03. The number of methoxy groups -OCH3 is 1. The van der Waals surface area contributed by atoms with Crippen LogP contribution in [0.4, 0.5) is 0 Å². The molecule has 0 fully saturated rings. The van der Waals surface area contributed by atoms with E-state index in [1.54, 1.807) is 7.11 Å². The SMILES string of the molecule is CCCCCCOC.OCCOCCO. The molecule has 0 amide bonds. The van der Waals surface area contributed by atoms with E-state index in [0.717, 1.165) is 6.61 Å². The number of rotatable bonds is 9. The molecule has 0 aliphatic rings. The third-order valence-electron chi connectivity index (χ3n) is 1.67. The Kier molecular flexibility index (Phi) is 22.3. The van der Waals surface area contributed by atoms with Gasteiger partial charge in [0.15, 0.2) is 0 Å². The lowest BCUT2D eigenvalue weighted by molar-refractivity contribution is 0.0650. The zero-order chi connectivity index (χ0) is 11.8. The van der Waals surface area contributed by atoms with E-state index in [0.29, 0.717) is 13.2 Å². The van der Waals surface area contributed by atoms with Gasteiger partial charge in [-0.05, 0) is 6.42 Å². The molecule has 94 valence electrons. The van der Waals surface area contributed by atoms with Crippen molar-refractivity contribution in [1.29, 1.82) is 0 Å². The summed E-state index contributed by atoms with van der Waals surface area (Å²) in [7, 11) is 1.76. The first-order valence-corrected chi connectivity index (χ1v) is 5.61. The molecule has 0 heterocycles. The first-order chi connectivity index (χ1) is 7.33. The normalized spacial score (nSPS) is 9.60. The van der Waals surface area contributed by atoms with Crippen LogP contribution in [0.2, 0.25) is 0 Å². The lowest BCUT2D eigenvalue weighted by atomic mass is 10.2. The molecule has 0 aromatic heterocycles. The summed E-state index contributed by atoms with van der Waals surface area (Å²) >= 11 is 0. The Balaban J connectivity index is 0. The lowest BCUT2D eigenvalue weighted by Gasteiger charge is -1.95. The summed E-state index contributed by atoms with van der Waals surface area (Å²) in [6.45, 7) is 3.84. The Bertz CT molecular complexity index is 78.7. The maximum atomic E-state index is 8.09. The zero-order valence-electron chi connectivity index (χ0n) is 10.1. The van der Waals surface area contributed by atoms with E-state index < -0.39 is 0 Å². The Morgan fingerprint density at radius 2 is 1.47 bits per heavy atom. The van der Waals surface area contributed by atoms with Crippen molar-refractivity contribution in [3.8, 4) is 0 Å². The minimum atomic E-state index is 0.0278. The fourth-order valence-corrected chi connectivity index (χ4v) is 0.904. The van der Waals surface area contributed by atoms with Crippen LogP contribution < -0.4 is 0 Å². The van der Waals surface area contributed by atoms with Gasteiger partial charge in [0.2, 0.25) is 0 Å². The van der Waals surface area contributed by atoms with Gasteiger partial charge >= 0.3 is 0 Å². The van der Waals surface area contributed by atoms with Crippen LogP contribution in [0.1, 0.15) is 32.6 Å². The summed E-state index contributed by atoms with van der Waals surface area (Å²) in [5, 5.41) is 16.2. The molecule has 15 heavy (non-hydrogen) atoms. The minimum Gasteiger partial charge on any atom is -0.394 e. The van der Waals surface area contributed by atoms with Gasteiger partial charge in [-0.1, -0.05) is 26.2 Å². The molecule has 0 rings (SSSR count). The number of hydrogen-bond acceptors (Lipinski definition) is 4. The molecule has 0 aliphatic carbocycles. The van der Waals surface area contributed by atoms with Crippen molar-refractivity contribution in [2.75, 3.05) is 40.1 Å². The molecule has 0 aromatic carbocycles. The van der Waals surface area contributed by atoms with Gasteiger partial charge in [0, 0.05) is 13.7 Å². The summed E-state index contributed by atoms with van der Waals surface area (Å²) in [5.74, 6) is 0. The van der Waals surface area contributed by atoms with Crippen molar-refractivity contribution in [3.63, 3.8) is 0 Å². The van der Waals surface area contributed by atoms with Crippen LogP contribution in [-0.2, 0) is 9.47 Å². The molecule has 0 atom stereocenters. The van der Waals surface area contributed by atoms with Crippen LogP contribution in [0.15, 0.2) is 0 Å². The highest BCUT2D eigenvalue weighted by molar-refractivity contribution is 4.37. The Morgan fingerprint density at radius 3 is 1.87 bits per heavy atom. The standard InChI is InChI=1S/C7H16O.C4H10O3/c1-3-4-5-6-7-8-2;5-1-3-7-4-2-6/h3-7H2,1-2H3;5-6H,1-4H2. The van der Waals surface area contributed by atoms with Crippen molar-refractivity contribution >= 4 is 0 Å². The maximum Gasteiger partial charge on any atom is 0.0698 e. The molecule has 0 radical (unpaired) electrons. The summed E-state index contributed by atoms with van der Waals surface area (Å²) in [4.78, 5) is 0. The van der Waals surface area contributed by atoms with Crippen LogP contribution in [0.3, 0.4) is 0 Å². The second-order valence-corrected chi connectivity index (χ2v) is 3.11. The molecular weight excluding hydrogens is 196 g/mol. The van der Waals surface area contributed by atoms with Crippen LogP contribution >= 0.6 is 0 Å². The highest BCUT2D eigenvalue weighted by atomic mass is 16.5.